The maximum atomic E-state index is 12.9. The zero-order valence-electron chi connectivity index (χ0n) is 12.3. The number of alkyl carbamates (subject to hydrolysis) is 1. The molecule has 5 heteroatoms. The van der Waals surface area contributed by atoms with Crippen LogP contribution in [0.5, 0.6) is 0 Å². The highest BCUT2D eigenvalue weighted by Crippen LogP contribution is 2.19. The van der Waals surface area contributed by atoms with Crippen LogP contribution in [0.15, 0.2) is 54.6 Å². The number of hydrogen-bond acceptors (Lipinski definition) is 3. The van der Waals surface area contributed by atoms with E-state index in [2.05, 4.69) is 5.32 Å². The Hall–Kier alpha value is -2.40. The molecule has 4 nitrogen and oxygen atoms in total. The zero-order valence-corrected chi connectivity index (χ0v) is 12.3. The molecule has 0 aromatic heterocycles. The van der Waals surface area contributed by atoms with Crippen LogP contribution in [0.25, 0.3) is 0 Å². The van der Waals surface area contributed by atoms with E-state index in [1.165, 1.54) is 31.2 Å². The number of aliphatic hydroxyl groups is 1. The van der Waals surface area contributed by atoms with E-state index in [0.29, 0.717) is 5.56 Å². The van der Waals surface area contributed by atoms with Gasteiger partial charge in [-0.15, -0.1) is 0 Å². The highest BCUT2D eigenvalue weighted by Gasteiger charge is 2.24. The average molecular weight is 303 g/mol. The number of ether oxygens (including phenoxy) is 1. The average Bonchev–Trinajstić information content (AvgIpc) is 2.52. The summed E-state index contributed by atoms with van der Waals surface area (Å²) >= 11 is 0. The fourth-order valence-electron chi connectivity index (χ4n) is 1.93. The number of carbonyl (C=O) groups excluding carboxylic acids is 1. The molecule has 1 unspecified atom stereocenters. The van der Waals surface area contributed by atoms with Crippen molar-refractivity contribution in [2.24, 2.45) is 0 Å². The molecule has 0 saturated heterocycles. The maximum absolute atomic E-state index is 12.9. The third-order valence-corrected chi connectivity index (χ3v) is 3.26. The molecule has 0 bridgehead atoms. The first kappa shape index (κ1) is 16.0. The van der Waals surface area contributed by atoms with Crippen LogP contribution < -0.4 is 5.32 Å². The van der Waals surface area contributed by atoms with Crippen molar-refractivity contribution in [3.8, 4) is 0 Å². The van der Waals surface area contributed by atoms with Crippen molar-refractivity contribution < 1.29 is 19.0 Å². The third-order valence-electron chi connectivity index (χ3n) is 3.26. The van der Waals surface area contributed by atoms with Crippen molar-refractivity contribution >= 4 is 6.09 Å². The maximum Gasteiger partial charge on any atom is 0.407 e. The van der Waals surface area contributed by atoms with Gasteiger partial charge in [0.05, 0.1) is 6.54 Å². The standard InChI is InChI=1S/C17H18FNO3/c1-17(21,14-7-9-15(18)10-8-14)12-19-16(20)22-11-13-5-3-2-4-6-13/h2-10,21H,11-12H2,1H3,(H,19,20). The lowest BCUT2D eigenvalue weighted by Crippen LogP contribution is -2.38. The Kier molecular flexibility index (Phi) is 5.12. The summed E-state index contributed by atoms with van der Waals surface area (Å²) in [5.74, 6) is -0.380. The lowest BCUT2D eigenvalue weighted by Gasteiger charge is -2.24. The Morgan fingerprint density at radius 3 is 2.45 bits per heavy atom. The third kappa shape index (κ3) is 4.56. The molecule has 2 aromatic rings. The molecule has 0 aliphatic rings. The first-order valence-electron chi connectivity index (χ1n) is 6.90. The molecule has 2 rings (SSSR count). The summed E-state index contributed by atoms with van der Waals surface area (Å²) in [6.45, 7) is 1.66. The van der Waals surface area contributed by atoms with E-state index in [1.54, 1.807) is 0 Å². The van der Waals surface area contributed by atoms with Gasteiger partial charge in [-0.2, -0.15) is 0 Å². The Labute approximate surface area is 128 Å². The van der Waals surface area contributed by atoms with Crippen molar-refractivity contribution in [1.29, 1.82) is 0 Å². The van der Waals surface area contributed by atoms with Crippen LogP contribution in [0.3, 0.4) is 0 Å². The quantitative estimate of drug-likeness (QED) is 0.893. The van der Waals surface area contributed by atoms with Crippen LogP contribution in [0.2, 0.25) is 0 Å². The molecule has 116 valence electrons. The van der Waals surface area contributed by atoms with Gasteiger partial charge in [0.15, 0.2) is 0 Å². The minimum atomic E-state index is -1.31. The zero-order chi connectivity index (χ0) is 16.0. The lowest BCUT2D eigenvalue weighted by atomic mass is 9.96. The van der Waals surface area contributed by atoms with Gasteiger partial charge in [0.25, 0.3) is 0 Å². The van der Waals surface area contributed by atoms with E-state index in [-0.39, 0.29) is 19.0 Å². The van der Waals surface area contributed by atoms with Gasteiger partial charge in [-0.3, -0.25) is 0 Å². The highest BCUT2D eigenvalue weighted by atomic mass is 19.1. The number of halogens is 1. The van der Waals surface area contributed by atoms with E-state index < -0.39 is 11.7 Å². The molecule has 0 aliphatic heterocycles. The fourth-order valence-corrected chi connectivity index (χ4v) is 1.93. The summed E-state index contributed by atoms with van der Waals surface area (Å²) in [5, 5.41) is 12.8. The van der Waals surface area contributed by atoms with E-state index >= 15 is 0 Å². The van der Waals surface area contributed by atoms with Crippen molar-refractivity contribution in [1.82, 2.24) is 5.32 Å². The molecule has 0 aliphatic carbocycles. The van der Waals surface area contributed by atoms with Gasteiger partial charge >= 0.3 is 6.09 Å². The number of benzene rings is 2. The summed E-state index contributed by atoms with van der Waals surface area (Å²) in [6, 6.07) is 14.8. The Morgan fingerprint density at radius 2 is 1.82 bits per heavy atom. The molecule has 2 N–H and O–H groups in total. The monoisotopic (exact) mass is 303 g/mol. The van der Waals surface area contributed by atoms with Crippen LogP contribution in [0.4, 0.5) is 9.18 Å². The van der Waals surface area contributed by atoms with Crippen LogP contribution in [-0.2, 0) is 16.9 Å². The fraction of sp³-hybridized carbons (Fsp3) is 0.235. The summed E-state index contributed by atoms with van der Waals surface area (Å²) < 4.78 is 17.9. The second-order valence-electron chi connectivity index (χ2n) is 5.20. The second-order valence-corrected chi connectivity index (χ2v) is 5.20. The Morgan fingerprint density at radius 1 is 1.18 bits per heavy atom. The number of rotatable bonds is 5. The van der Waals surface area contributed by atoms with Crippen LogP contribution >= 0.6 is 0 Å². The molecule has 0 spiro atoms. The highest BCUT2D eigenvalue weighted by molar-refractivity contribution is 5.67. The topological polar surface area (TPSA) is 58.6 Å². The molecule has 0 saturated carbocycles. The van der Waals surface area contributed by atoms with Gasteiger partial charge < -0.3 is 15.2 Å². The number of hydrogen-bond donors (Lipinski definition) is 2. The first-order valence-corrected chi connectivity index (χ1v) is 6.90. The van der Waals surface area contributed by atoms with Gasteiger partial charge in [-0.25, -0.2) is 9.18 Å². The molecular formula is C17H18FNO3. The Balaban J connectivity index is 1.83. The predicted molar refractivity (Wildman–Crippen MR) is 80.6 cm³/mol. The van der Waals surface area contributed by atoms with Crippen molar-refractivity contribution in [2.45, 2.75) is 19.1 Å². The van der Waals surface area contributed by atoms with Gasteiger partial charge in [-0.05, 0) is 30.2 Å². The molecule has 1 amide bonds. The molecule has 2 aromatic carbocycles. The number of amides is 1. The van der Waals surface area contributed by atoms with E-state index in [0.717, 1.165) is 5.56 Å². The molecule has 22 heavy (non-hydrogen) atoms. The minimum absolute atomic E-state index is 0.0355. The number of carbonyl (C=O) groups is 1. The molecule has 0 heterocycles. The van der Waals surface area contributed by atoms with Crippen molar-refractivity contribution in [3.05, 3.63) is 71.5 Å². The molecule has 0 radical (unpaired) electrons. The predicted octanol–water partition coefficient (Wildman–Crippen LogP) is 2.96. The van der Waals surface area contributed by atoms with E-state index in [4.69, 9.17) is 4.74 Å². The van der Waals surface area contributed by atoms with Crippen LogP contribution in [0, 0.1) is 5.82 Å². The van der Waals surface area contributed by atoms with Gasteiger partial charge in [0, 0.05) is 0 Å². The van der Waals surface area contributed by atoms with Crippen LogP contribution in [-0.4, -0.2) is 17.7 Å². The molecule has 1 atom stereocenters. The van der Waals surface area contributed by atoms with Gasteiger partial charge in [-0.1, -0.05) is 42.5 Å². The molecule has 0 fully saturated rings. The second kappa shape index (κ2) is 7.04. The van der Waals surface area contributed by atoms with Crippen molar-refractivity contribution in [3.63, 3.8) is 0 Å². The van der Waals surface area contributed by atoms with E-state index in [9.17, 15) is 14.3 Å². The van der Waals surface area contributed by atoms with Gasteiger partial charge in [0.1, 0.15) is 18.0 Å². The Bertz CT molecular complexity index is 612. The normalized spacial score (nSPS) is 13.2. The van der Waals surface area contributed by atoms with Crippen LogP contribution in [0.1, 0.15) is 18.1 Å². The summed E-state index contributed by atoms with van der Waals surface area (Å²) in [4.78, 5) is 11.6. The smallest absolute Gasteiger partial charge is 0.407 e. The minimum Gasteiger partial charge on any atom is -0.445 e. The lowest BCUT2D eigenvalue weighted by molar-refractivity contribution is 0.0529. The largest absolute Gasteiger partial charge is 0.445 e. The molecular weight excluding hydrogens is 285 g/mol. The summed E-state index contributed by atoms with van der Waals surface area (Å²) in [5.41, 5.74) is 0.0830. The van der Waals surface area contributed by atoms with E-state index in [1.807, 2.05) is 30.3 Å². The number of nitrogens with one attached hydrogen (secondary N) is 1. The first-order chi connectivity index (χ1) is 10.5. The summed E-state index contributed by atoms with van der Waals surface area (Å²) in [7, 11) is 0. The summed E-state index contributed by atoms with van der Waals surface area (Å²) in [6.07, 6.45) is -0.619. The SMILES string of the molecule is CC(O)(CNC(=O)OCc1ccccc1)c1ccc(F)cc1. The van der Waals surface area contributed by atoms with Crippen molar-refractivity contribution in [2.75, 3.05) is 6.54 Å². The van der Waals surface area contributed by atoms with Gasteiger partial charge in [0.2, 0.25) is 0 Å².